The molecule has 0 heterocycles. The number of aliphatic hydroxyl groups excluding tert-OH is 1. The van der Waals surface area contributed by atoms with Gasteiger partial charge in [0.1, 0.15) is 0 Å². The lowest BCUT2D eigenvalue weighted by Gasteiger charge is -2.32. The predicted molar refractivity (Wildman–Crippen MR) is 70.7 cm³/mol. The molecular weight excluding hydrogens is 208 g/mol. The second-order valence-corrected chi connectivity index (χ2v) is 7.26. The Balaban J connectivity index is 1.48. The van der Waals surface area contributed by atoms with E-state index in [9.17, 15) is 5.11 Å². The molecule has 0 aliphatic heterocycles. The van der Waals surface area contributed by atoms with Gasteiger partial charge < -0.3 is 5.11 Å². The molecular formula is C16H28O. The third-order valence-corrected chi connectivity index (χ3v) is 6.03. The van der Waals surface area contributed by atoms with Crippen LogP contribution in [0.25, 0.3) is 0 Å². The van der Waals surface area contributed by atoms with Crippen LogP contribution in [0, 0.1) is 29.6 Å². The molecule has 3 aliphatic carbocycles. The lowest BCUT2D eigenvalue weighted by Crippen LogP contribution is -2.28. The van der Waals surface area contributed by atoms with Crippen LogP contribution in [0.4, 0.5) is 0 Å². The quantitative estimate of drug-likeness (QED) is 0.785. The number of hydrogen-bond acceptors (Lipinski definition) is 1. The van der Waals surface area contributed by atoms with Gasteiger partial charge in [-0.05, 0) is 68.1 Å². The molecule has 3 saturated carbocycles. The maximum Gasteiger partial charge on any atom is 0.0571 e. The Kier molecular flexibility index (Phi) is 3.47. The van der Waals surface area contributed by atoms with Crippen molar-refractivity contribution in [2.45, 2.75) is 70.8 Å². The van der Waals surface area contributed by atoms with Gasteiger partial charge in [-0.15, -0.1) is 0 Å². The second kappa shape index (κ2) is 4.91. The maximum atomic E-state index is 10.4. The first-order chi connectivity index (χ1) is 8.22. The van der Waals surface area contributed by atoms with Gasteiger partial charge in [0.15, 0.2) is 0 Å². The highest BCUT2D eigenvalue weighted by molar-refractivity contribution is 4.91. The van der Waals surface area contributed by atoms with Gasteiger partial charge in [-0.2, -0.15) is 0 Å². The summed E-state index contributed by atoms with van der Waals surface area (Å²) in [7, 11) is 0. The molecule has 17 heavy (non-hydrogen) atoms. The van der Waals surface area contributed by atoms with Crippen LogP contribution in [0.5, 0.6) is 0 Å². The smallest absolute Gasteiger partial charge is 0.0571 e. The van der Waals surface area contributed by atoms with Gasteiger partial charge >= 0.3 is 0 Å². The fraction of sp³-hybridized carbons (Fsp3) is 1.00. The van der Waals surface area contributed by atoms with Crippen LogP contribution in [0.2, 0.25) is 0 Å². The van der Waals surface area contributed by atoms with Crippen LogP contribution in [-0.4, -0.2) is 11.2 Å². The van der Waals surface area contributed by atoms with Crippen molar-refractivity contribution in [2.24, 2.45) is 29.6 Å². The van der Waals surface area contributed by atoms with Crippen molar-refractivity contribution in [3.63, 3.8) is 0 Å². The van der Waals surface area contributed by atoms with Crippen LogP contribution < -0.4 is 0 Å². The molecule has 1 heteroatoms. The fourth-order valence-electron chi connectivity index (χ4n) is 4.84. The zero-order valence-corrected chi connectivity index (χ0v) is 11.3. The van der Waals surface area contributed by atoms with Crippen molar-refractivity contribution < 1.29 is 5.11 Å². The number of rotatable bonds is 3. The average Bonchev–Trinajstić information content (AvgIpc) is 2.91. The van der Waals surface area contributed by atoms with Crippen molar-refractivity contribution >= 4 is 0 Å². The Labute approximate surface area is 106 Å². The molecule has 1 nitrogen and oxygen atoms in total. The van der Waals surface area contributed by atoms with Crippen LogP contribution in [0.1, 0.15) is 64.7 Å². The predicted octanol–water partition coefficient (Wildman–Crippen LogP) is 4.00. The van der Waals surface area contributed by atoms with Gasteiger partial charge in [0, 0.05) is 0 Å². The van der Waals surface area contributed by atoms with E-state index < -0.39 is 0 Å². The van der Waals surface area contributed by atoms with Crippen LogP contribution >= 0.6 is 0 Å². The Morgan fingerprint density at radius 2 is 1.76 bits per heavy atom. The molecule has 4 atom stereocenters. The summed E-state index contributed by atoms with van der Waals surface area (Å²) < 4.78 is 0. The van der Waals surface area contributed by atoms with E-state index in [1.54, 1.807) is 0 Å². The van der Waals surface area contributed by atoms with Crippen LogP contribution in [0.3, 0.4) is 0 Å². The summed E-state index contributed by atoms with van der Waals surface area (Å²) in [5.74, 6) is 4.43. The van der Waals surface area contributed by atoms with E-state index in [1.165, 1.54) is 51.4 Å². The van der Waals surface area contributed by atoms with Crippen molar-refractivity contribution in [2.75, 3.05) is 0 Å². The Hall–Kier alpha value is -0.0400. The van der Waals surface area contributed by atoms with Gasteiger partial charge in [0.05, 0.1) is 6.10 Å². The lowest BCUT2D eigenvalue weighted by molar-refractivity contribution is 0.0465. The van der Waals surface area contributed by atoms with Crippen LogP contribution in [-0.2, 0) is 0 Å². The Morgan fingerprint density at radius 1 is 1.00 bits per heavy atom. The molecule has 4 unspecified atom stereocenters. The molecule has 0 saturated heterocycles. The molecule has 0 radical (unpaired) electrons. The molecule has 1 N–H and O–H groups in total. The van der Waals surface area contributed by atoms with E-state index in [2.05, 4.69) is 6.92 Å². The monoisotopic (exact) mass is 236 g/mol. The van der Waals surface area contributed by atoms with E-state index >= 15 is 0 Å². The Morgan fingerprint density at radius 3 is 2.35 bits per heavy atom. The van der Waals surface area contributed by atoms with Gasteiger partial charge in [0.2, 0.25) is 0 Å². The highest BCUT2D eigenvalue weighted by Gasteiger charge is 2.40. The first-order valence-corrected chi connectivity index (χ1v) is 7.90. The van der Waals surface area contributed by atoms with Crippen molar-refractivity contribution in [1.29, 1.82) is 0 Å². The lowest BCUT2D eigenvalue weighted by atomic mass is 9.76. The summed E-state index contributed by atoms with van der Waals surface area (Å²) in [6.45, 7) is 2.36. The molecule has 0 aromatic heterocycles. The molecule has 0 spiro atoms. The van der Waals surface area contributed by atoms with Gasteiger partial charge in [-0.3, -0.25) is 0 Å². The van der Waals surface area contributed by atoms with E-state index in [4.69, 9.17) is 0 Å². The summed E-state index contributed by atoms with van der Waals surface area (Å²) in [5.41, 5.74) is 0. The third-order valence-electron chi connectivity index (χ3n) is 6.03. The number of fused-ring (bicyclic) bond motifs is 2. The second-order valence-electron chi connectivity index (χ2n) is 7.26. The molecule has 3 aliphatic rings. The van der Waals surface area contributed by atoms with E-state index in [-0.39, 0.29) is 6.10 Å². The minimum absolute atomic E-state index is 0.0202. The van der Waals surface area contributed by atoms with Crippen molar-refractivity contribution in [3.05, 3.63) is 0 Å². The Bertz CT molecular complexity index is 254. The molecule has 98 valence electrons. The number of aliphatic hydroxyl groups is 1. The van der Waals surface area contributed by atoms with Crippen LogP contribution in [0.15, 0.2) is 0 Å². The van der Waals surface area contributed by atoms with E-state index in [0.29, 0.717) is 5.92 Å². The minimum atomic E-state index is 0.0202. The fourth-order valence-corrected chi connectivity index (χ4v) is 4.84. The normalized spacial score (nSPS) is 47.3. The molecule has 0 amide bonds. The zero-order valence-electron chi connectivity index (χ0n) is 11.3. The highest BCUT2D eigenvalue weighted by Crippen LogP contribution is 2.50. The third kappa shape index (κ3) is 2.54. The number of hydrogen-bond donors (Lipinski definition) is 1. The van der Waals surface area contributed by atoms with E-state index in [0.717, 1.165) is 30.1 Å². The largest absolute Gasteiger partial charge is 0.393 e. The highest BCUT2D eigenvalue weighted by atomic mass is 16.3. The van der Waals surface area contributed by atoms with Gasteiger partial charge in [-0.1, -0.05) is 26.2 Å². The minimum Gasteiger partial charge on any atom is -0.393 e. The first-order valence-electron chi connectivity index (χ1n) is 7.90. The molecule has 0 aromatic rings. The van der Waals surface area contributed by atoms with E-state index in [1.807, 2.05) is 0 Å². The first kappa shape index (κ1) is 12.0. The zero-order chi connectivity index (χ0) is 11.8. The molecule has 2 bridgehead atoms. The molecule has 3 rings (SSSR count). The SMILES string of the molecule is CC1CCC(C(O)CC2CC3CCC2C3)CC1. The standard InChI is InChI=1S/C16H28O/c1-11-2-5-13(6-3-11)16(17)10-15-9-12-4-7-14(15)8-12/h11-17H,2-10H2,1H3. The summed E-state index contributed by atoms with van der Waals surface area (Å²) in [6.07, 6.45) is 12.3. The summed E-state index contributed by atoms with van der Waals surface area (Å²) in [5, 5.41) is 10.4. The summed E-state index contributed by atoms with van der Waals surface area (Å²) >= 11 is 0. The summed E-state index contributed by atoms with van der Waals surface area (Å²) in [6, 6.07) is 0. The van der Waals surface area contributed by atoms with Crippen molar-refractivity contribution in [3.8, 4) is 0 Å². The van der Waals surface area contributed by atoms with Gasteiger partial charge in [-0.25, -0.2) is 0 Å². The molecule has 0 aromatic carbocycles. The van der Waals surface area contributed by atoms with Crippen molar-refractivity contribution in [1.82, 2.24) is 0 Å². The van der Waals surface area contributed by atoms with Gasteiger partial charge in [0.25, 0.3) is 0 Å². The maximum absolute atomic E-state index is 10.4. The average molecular weight is 236 g/mol. The summed E-state index contributed by atoms with van der Waals surface area (Å²) in [4.78, 5) is 0. The topological polar surface area (TPSA) is 20.2 Å². The molecule has 3 fully saturated rings.